The zero-order chi connectivity index (χ0) is 14.8. The average molecular weight is 275 g/mol. The van der Waals surface area contributed by atoms with Crippen molar-refractivity contribution in [3.8, 4) is 17.6 Å². The Balaban J connectivity index is 2.33. The van der Waals surface area contributed by atoms with Crippen molar-refractivity contribution in [2.75, 3.05) is 13.2 Å². The van der Waals surface area contributed by atoms with E-state index < -0.39 is 0 Å². The summed E-state index contributed by atoms with van der Waals surface area (Å²) in [5.74, 6) is 1.62. The molecular weight excluding hydrogens is 250 g/mol. The lowest BCUT2D eigenvalue weighted by molar-refractivity contribution is 0.259. The third kappa shape index (κ3) is 5.97. The quantitative estimate of drug-likeness (QED) is 0.620. The van der Waals surface area contributed by atoms with Gasteiger partial charge >= 0.3 is 0 Å². The van der Waals surface area contributed by atoms with Crippen molar-refractivity contribution in [1.82, 2.24) is 0 Å². The molecule has 0 atom stereocenters. The van der Waals surface area contributed by atoms with Gasteiger partial charge in [0.15, 0.2) is 11.5 Å². The highest BCUT2D eigenvalue weighted by Gasteiger charge is 2.15. The summed E-state index contributed by atoms with van der Waals surface area (Å²) in [4.78, 5) is 0. The van der Waals surface area contributed by atoms with Gasteiger partial charge in [-0.3, -0.25) is 0 Å². The van der Waals surface area contributed by atoms with E-state index >= 15 is 0 Å². The number of nitrogens with zero attached hydrogens (tertiary/aromatic N) is 1. The lowest BCUT2D eigenvalue weighted by Gasteiger charge is -2.15. The molecule has 0 saturated heterocycles. The molecule has 0 aliphatic carbocycles. The Kier molecular flexibility index (Phi) is 6.93. The van der Waals surface area contributed by atoms with Gasteiger partial charge in [-0.2, -0.15) is 5.26 Å². The summed E-state index contributed by atoms with van der Waals surface area (Å²) >= 11 is 0. The molecule has 0 aromatic heterocycles. The molecule has 3 nitrogen and oxygen atoms in total. The Morgan fingerprint density at radius 2 is 1.65 bits per heavy atom. The van der Waals surface area contributed by atoms with Gasteiger partial charge in [0.2, 0.25) is 0 Å². The molecule has 0 saturated carbocycles. The minimum absolute atomic E-state index is 0.234. The fourth-order valence-electron chi connectivity index (χ4n) is 1.81. The molecule has 0 radical (unpaired) electrons. The first-order valence-corrected chi connectivity index (χ1v) is 7.35. The molecule has 0 heterocycles. The van der Waals surface area contributed by atoms with Crippen LogP contribution in [0.15, 0.2) is 24.3 Å². The highest BCUT2D eigenvalue weighted by Crippen LogP contribution is 2.27. The lowest BCUT2D eigenvalue weighted by atomic mass is 9.89. The van der Waals surface area contributed by atoms with Crippen molar-refractivity contribution < 1.29 is 9.47 Å². The third-order valence-corrected chi connectivity index (χ3v) is 3.07. The standard InChI is InChI=1S/C17H25NO2/c1-4-12-19-15-9-5-6-10-16(15)20-13-8-7-11-17(2,3)14-18/h5-6,9-10H,4,7-8,11-13H2,1-3H3. The van der Waals surface area contributed by atoms with Crippen LogP contribution in [0.4, 0.5) is 0 Å². The van der Waals surface area contributed by atoms with Crippen LogP contribution in [0.3, 0.4) is 0 Å². The molecule has 0 unspecified atom stereocenters. The lowest BCUT2D eigenvalue weighted by Crippen LogP contribution is -2.08. The molecule has 0 N–H and O–H groups in total. The van der Waals surface area contributed by atoms with Gasteiger partial charge in [0.05, 0.1) is 24.7 Å². The fourth-order valence-corrected chi connectivity index (χ4v) is 1.81. The highest BCUT2D eigenvalue weighted by atomic mass is 16.5. The molecule has 110 valence electrons. The Hall–Kier alpha value is -1.69. The van der Waals surface area contributed by atoms with Crippen LogP contribution < -0.4 is 9.47 Å². The van der Waals surface area contributed by atoms with Crippen molar-refractivity contribution in [2.45, 2.75) is 46.5 Å². The van der Waals surface area contributed by atoms with E-state index in [2.05, 4.69) is 13.0 Å². The first-order chi connectivity index (χ1) is 9.59. The monoisotopic (exact) mass is 275 g/mol. The van der Waals surface area contributed by atoms with Crippen LogP contribution in [0, 0.1) is 16.7 Å². The summed E-state index contributed by atoms with van der Waals surface area (Å²) in [6, 6.07) is 10.1. The molecule has 0 aliphatic heterocycles. The molecule has 0 fully saturated rings. The maximum atomic E-state index is 8.95. The van der Waals surface area contributed by atoms with Gasteiger partial charge in [-0.05, 0) is 51.7 Å². The first kappa shape index (κ1) is 16.4. The number of unbranched alkanes of at least 4 members (excludes halogenated alkanes) is 1. The molecule has 0 spiro atoms. The van der Waals surface area contributed by atoms with E-state index in [9.17, 15) is 0 Å². The van der Waals surface area contributed by atoms with Gasteiger partial charge < -0.3 is 9.47 Å². The smallest absolute Gasteiger partial charge is 0.161 e. The van der Waals surface area contributed by atoms with Crippen molar-refractivity contribution in [1.29, 1.82) is 5.26 Å². The van der Waals surface area contributed by atoms with E-state index in [0.29, 0.717) is 13.2 Å². The van der Waals surface area contributed by atoms with Gasteiger partial charge in [0.25, 0.3) is 0 Å². The van der Waals surface area contributed by atoms with Gasteiger partial charge in [-0.15, -0.1) is 0 Å². The number of nitriles is 1. The van der Waals surface area contributed by atoms with Gasteiger partial charge in [-0.1, -0.05) is 19.1 Å². The normalized spacial score (nSPS) is 10.9. The molecule has 0 bridgehead atoms. The van der Waals surface area contributed by atoms with Crippen LogP contribution in [0.1, 0.15) is 46.5 Å². The first-order valence-electron chi connectivity index (χ1n) is 7.35. The molecule has 0 aliphatic rings. The minimum Gasteiger partial charge on any atom is -0.490 e. The Morgan fingerprint density at radius 1 is 1.05 bits per heavy atom. The van der Waals surface area contributed by atoms with Crippen LogP contribution in [-0.2, 0) is 0 Å². The van der Waals surface area contributed by atoms with Crippen molar-refractivity contribution in [2.24, 2.45) is 5.41 Å². The molecule has 1 aromatic rings. The second kappa shape index (κ2) is 8.47. The molecule has 20 heavy (non-hydrogen) atoms. The van der Waals surface area contributed by atoms with Gasteiger partial charge in [0.1, 0.15) is 0 Å². The predicted octanol–water partition coefficient (Wildman–Crippen LogP) is 4.57. The SMILES string of the molecule is CCCOc1ccccc1OCCCCC(C)(C)C#N. The molecule has 0 amide bonds. The highest BCUT2D eigenvalue weighted by molar-refractivity contribution is 5.39. The number of hydrogen-bond acceptors (Lipinski definition) is 3. The number of hydrogen-bond donors (Lipinski definition) is 0. The summed E-state index contributed by atoms with van der Waals surface area (Å²) in [5, 5.41) is 8.95. The summed E-state index contributed by atoms with van der Waals surface area (Å²) in [5.41, 5.74) is -0.234. The fraction of sp³-hybridized carbons (Fsp3) is 0.588. The van der Waals surface area contributed by atoms with E-state index in [1.54, 1.807) is 0 Å². The summed E-state index contributed by atoms with van der Waals surface area (Å²) in [6.45, 7) is 7.40. The zero-order valence-corrected chi connectivity index (χ0v) is 12.8. The van der Waals surface area contributed by atoms with Crippen molar-refractivity contribution >= 4 is 0 Å². The van der Waals surface area contributed by atoms with E-state index in [1.807, 2.05) is 38.1 Å². The summed E-state index contributed by atoms with van der Waals surface area (Å²) < 4.78 is 11.4. The second-order valence-corrected chi connectivity index (χ2v) is 5.60. The largest absolute Gasteiger partial charge is 0.490 e. The van der Waals surface area contributed by atoms with E-state index in [0.717, 1.165) is 37.2 Å². The van der Waals surface area contributed by atoms with Crippen LogP contribution >= 0.6 is 0 Å². The number of rotatable bonds is 9. The Bertz CT molecular complexity index is 435. The van der Waals surface area contributed by atoms with Crippen LogP contribution in [-0.4, -0.2) is 13.2 Å². The summed E-state index contributed by atoms with van der Waals surface area (Å²) in [6.07, 6.45) is 3.84. The van der Waals surface area contributed by atoms with E-state index in [4.69, 9.17) is 14.7 Å². The maximum absolute atomic E-state index is 8.95. The van der Waals surface area contributed by atoms with Crippen molar-refractivity contribution in [3.63, 3.8) is 0 Å². The third-order valence-electron chi connectivity index (χ3n) is 3.07. The number of benzene rings is 1. The zero-order valence-electron chi connectivity index (χ0n) is 12.8. The minimum atomic E-state index is -0.234. The van der Waals surface area contributed by atoms with Gasteiger partial charge in [0, 0.05) is 0 Å². The average Bonchev–Trinajstić information content (AvgIpc) is 2.45. The van der Waals surface area contributed by atoms with E-state index in [-0.39, 0.29) is 5.41 Å². The van der Waals surface area contributed by atoms with Crippen LogP contribution in [0.2, 0.25) is 0 Å². The van der Waals surface area contributed by atoms with Crippen LogP contribution in [0.5, 0.6) is 11.5 Å². The maximum Gasteiger partial charge on any atom is 0.161 e. The number of para-hydroxylation sites is 2. The van der Waals surface area contributed by atoms with Crippen LogP contribution in [0.25, 0.3) is 0 Å². The molecular formula is C17H25NO2. The Labute approximate surface area is 122 Å². The Morgan fingerprint density at radius 3 is 2.20 bits per heavy atom. The van der Waals surface area contributed by atoms with Gasteiger partial charge in [-0.25, -0.2) is 0 Å². The predicted molar refractivity (Wildman–Crippen MR) is 81.0 cm³/mol. The molecule has 1 aromatic carbocycles. The topological polar surface area (TPSA) is 42.2 Å². The summed E-state index contributed by atoms with van der Waals surface area (Å²) in [7, 11) is 0. The number of ether oxygens (including phenoxy) is 2. The van der Waals surface area contributed by atoms with E-state index in [1.165, 1.54) is 0 Å². The second-order valence-electron chi connectivity index (χ2n) is 5.60. The van der Waals surface area contributed by atoms with Crippen molar-refractivity contribution in [3.05, 3.63) is 24.3 Å². The molecule has 1 rings (SSSR count). The molecule has 3 heteroatoms.